The Balaban J connectivity index is 1.26. The van der Waals surface area contributed by atoms with Gasteiger partial charge < -0.3 is 10.1 Å². The Morgan fingerprint density at radius 2 is 1.32 bits per heavy atom. The van der Waals surface area contributed by atoms with Crippen molar-refractivity contribution in [1.82, 2.24) is 10.4 Å². The van der Waals surface area contributed by atoms with Crippen LogP contribution >= 0.6 is 0 Å². The quantitative estimate of drug-likeness (QED) is 0.341. The fourth-order valence-electron chi connectivity index (χ4n) is 4.01. The Labute approximate surface area is 215 Å². The largest absolute Gasteiger partial charge is 0.457 e. The molecule has 1 aliphatic rings. The summed E-state index contributed by atoms with van der Waals surface area (Å²) in [4.78, 5) is 13.3. The molecule has 0 saturated heterocycles. The molecule has 4 aromatic carbocycles. The van der Waals surface area contributed by atoms with Gasteiger partial charge in [-0.25, -0.2) is 18.2 Å². The maximum atomic E-state index is 13.1. The van der Waals surface area contributed by atoms with Crippen molar-refractivity contribution in [1.29, 1.82) is 0 Å². The van der Waals surface area contributed by atoms with E-state index in [4.69, 9.17) is 4.74 Å². The second kappa shape index (κ2) is 10.2. The van der Waals surface area contributed by atoms with Crippen LogP contribution in [-0.4, -0.2) is 32.3 Å². The van der Waals surface area contributed by atoms with E-state index in [1.165, 1.54) is 12.1 Å². The predicted molar refractivity (Wildman–Crippen MR) is 145 cm³/mol. The lowest BCUT2D eigenvalue weighted by atomic mass is 10.0. The third-order valence-electron chi connectivity index (χ3n) is 5.89. The topological polar surface area (TPSA) is 87.7 Å². The van der Waals surface area contributed by atoms with Crippen molar-refractivity contribution in [2.45, 2.75) is 4.90 Å². The van der Waals surface area contributed by atoms with Gasteiger partial charge in [0.15, 0.2) is 9.84 Å². The SMILES string of the molecule is CS(=O)(=O)c1ccc(Oc2ccc(NC(=O)N3CC(c4ccccc4)=C(c4ccccc4)N3)cc2)cc1. The van der Waals surface area contributed by atoms with E-state index in [2.05, 4.69) is 10.7 Å². The van der Waals surface area contributed by atoms with Gasteiger partial charge in [-0.15, -0.1) is 0 Å². The summed E-state index contributed by atoms with van der Waals surface area (Å²) < 4.78 is 29.0. The van der Waals surface area contributed by atoms with Crippen LogP contribution in [0.4, 0.5) is 10.5 Å². The first-order valence-corrected chi connectivity index (χ1v) is 13.5. The van der Waals surface area contributed by atoms with Gasteiger partial charge in [0.1, 0.15) is 11.5 Å². The normalized spacial score (nSPS) is 13.3. The molecule has 7 nitrogen and oxygen atoms in total. The maximum Gasteiger partial charge on any atom is 0.340 e. The van der Waals surface area contributed by atoms with Gasteiger partial charge in [-0.1, -0.05) is 60.7 Å². The minimum Gasteiger partial charge on any atom is -0.457 e. The van der Waals surface area contributed by atoms with Gasteiger partial charge >= 0.3 is 6.03 Å². The summed E-state index contributed by atoms with van der Waals surface area (Å²) in [6.45, 7) is 0.407. The minimum absolute atomic E-state index is 0.230. The molecule has 8 heteroatoms. The second-order valence-electron chi connectivity index (χ2n) is 8.58. The molecule has 0 atom stereocenters. The van der Waals surface area contributed by atoms with E-state index in [1.807, 2.05) is 60.7 Å². The van der Waals surface area contributed by atoms with Crippen LogP contribution in [0.15, 0.2) is 114 Å². The molecule has 4 aromatic rings. The number of nitrogens with one attached hydrogen (secondary N) is 2. The van der Waals surface area contributed by atoms with Crippen LogP contribution in [0.5, 0.6) is 11.5 Å². The summed E-state index contributed by atoms with van der Waals surface area (Å²) >= 11 is 0. The molecule has 2 amide bonds. The number of hydrazine groups is 1. The summed E-state index contributed by atoms with van der Waals surface area (Å²) in [6.07, 6.45) is 1.16. The van der Waals surface area contributed by atoms with Crippen LogP contribution in [-0.2, 0) is 9.84 Å². The first-order chi connectivity index (χ1) is 17.9. The third kappa shape index (κ3) is 5.65. The Kier molecular flexibility index (Phi) is 6.66. The highest BCUT2D eigenvalue weighted by molar-refractivity contribution is 7.90. The number of ether oxygens (including phenoxy) is 1. The lowest BCUT2D eigenvalue weighted by molar-refractivity contribution is 0.210. The molecule has 0 saturated carbocycles. The molecule has 0 unspecified atom stereocenters. The molecule has 1 heterocycles. The molecule has 0 bridgehead atoms. The van der Waals surface area contributed by atoms with Crippen LogP contribution in [0.2, 0.25) is 0 Å². The number of sulfone groups is 1. The number of hydrogen-bond donors (Lipinski definition) is 2. The highest BCUT2D eigenvalue weighted by Crippen LogP contribution is 2.31. The van der Waals surface area contributed by atoms with Gasteiger partial charge in [0.25, 0.3) is 0 Å². The fraction of sp³-hybridized carbons (Fsp3) is 0.0690. The highest BCUT2D eigenvalue weighted by atomic mass is 32.2. The van der Waals surface area contributed by atoms with Crippen LogP contribution in [0.1, 0.15) is 11.1 Å². The smallest absolute Gasteiger partial charge is 0.340 e. The summed E-state index contributed by atoms with van der Waals surface area (Å²) in [7, 11) is -3.26. The molecule has 0 aromatic heterocycles. The number of carbonyl (C=O) groups is 1. The third-order valence-corrected chi connectivity index (χ3v) is 7.02. The molecule has 2 N–H and O–H groups in total. The van der Waals surface area contributed by atoms with Gasteiger partial charge in [0.05, 0.1) is 17.1 Å². The van der Waals surface area contributed by atoms with Crippen molar-refractivity contribution in [2.24, 2.45) is 0 Å². The molecular weight excluding hydrogens is 486 g/mol. The Bertz CT molecular complexity index is 1480. The van der Waals surface area contributed by atoms with E-state index in [1.54, 1.807) is 41.4 Å². The highest BCUT2D eigenvalue weighted by Gasteiger charge is 2.27. The molecule has 0 aliphatic carbocycles. The fourth-order valence-corrected chi connectivity index (χ4v) is 4.64. The van der Waals surface area contributed by atoms with Crippen molar-refractivity contribution in [2.75, 3.05) is 18.1 Å². The Morgan fingerprint density at radius 3 is 1.89 bits per heavy atom. The number of nitrogens with zero attached hydrogens (tertiary/aromatic N) is 1. The molecule has 0 radical (unpaired) electrons. The van der Waals surface area contributed by atoms with E-state index >= 15 is 0 Å². The van der Waals surface area contributed by atoms with E-state index in [0.717, 1.165) is 28.7 Å². The summed E-state index contributed by atoms with van der Waals surface area (Å²) in [5.74, 6) is 1.07. The molecular formula is C29H25N3O4S. The number of hydrogen-bond acceptors (Lipinski definition) is 5. The lowest BCUT2D eigenvalue weighted by Gasteiger charge is -2.19. The molecule has 1 aliphatic heterocycles. The van der Waals surface area contributed by atoms with E-state index in [0.29, 0.717) is 23.7 Å². The van der Waals surface area contributed by atoms with E-state index in [9.17, 15) is 13.2 Å². The van der Waals surface area contributed by atoms with Crippen molar-refractivity contribution in [3.05, 3.63) is 120 Å². The number of carbonyl (C=O) groups excluding carboxylic acids is 1. The predicted octanol–water partition coefficient (Wildman–Crippen LogP) is 5.80. The Morgan fingerprint density at radius 1 is 0.784 bits per heavy atom. The van der Waals surface area contributed by atoms with Crippen LogP contribution in [0, 0.1) is 0 Å². The van der Waals surface area contributed by atoms with E-state index in [-0.39, 0.29) is 10.9 Å². The summed E-state index contributed by atoms with van der Waals surface area (Å²) in [5.41, 5.74) is 7.86. The van der Waals surface area contributed by atoms with Crippen molar-refractivity contribution in [3.63, 3.8) is 0 Å². The first kappa shape index (κ1) is 24.1. The van der Waals surface area contributed by atoms with Crippen LogP contribution < -0.4 is 15.5 Å². The zero-order valence-electron chi connectivity index (χ0n) is 20.1. The standard InChI is InChI=1S/C29H25N3O4S/c1-37(34,35)26-18-16-25(17-19-26)36-24-14-12-23(13-15-24)30-29(33)32-20-27(21-8-4-2-5-9-21)28(31-32)22-10-6-3-7-11-22/h2-19,31H,20H2,1H3,(H,30,33). The zero-order valence-corrected chi connectivity index (χ0v) is 20.9. The average molecular weight is 512 g/mol. The lowest BCUT2D eigenvalue weighted by Crippen LogP contribution is -2.40. The molecule has 186 valence electrons. The van der Waals surface area contributed by atoms with Crippen LogP contribution in [0.3, 0.4) is 0 Å². The molecule has 5 rings (SSSR count). The van der Waals surface area contributed by atoms with Gasteiger partial charge in [0, 0.05) is 17.5 Å². The Hall–Kier alpha value is -4.56. The minimum atomic E-state index is -3.26. The maximum absolute atomic E-state index is 13.1. The van der Waals surface area contributed by atoms with Crippen LogP contribution in [0.25, 0.3) is 11.3 Å². The summed E-state index contributed by atoms with van der Waals surface area (Å²) in [5, 5.41) is 4.47. The van der Waals surface area contributed by atoms with Gasteiger partial charge in [-0.3, -0.25) is 5.43 Å². The zero-order chi connectivity index (χ0) is 25.8. The van der Waals surface area contributed by atoms with Crippen molar-refractivity contribution >= 4 is 32.8 Å². The molecule has 0 spiro atoms. The summed E-state index contributed by atoms with van der Waals surface area (Å²) in [6, 6.07) is 32.8. The number of anilines is 1. The van der Waals surface area contributed by atoms with Crippen molar-refractivity contribution < 1.29 is 17.9 Å². The molecule has 0 fully saturated rings. The van der Waals surface area contributed by atoms with E-state index < -0.39 is 9.84 Å². The number of rotatable bonds is 6. The number of benzene rings is 4. The van der Waals surface area contributed by atoms with Gasteiger partial charge in [-0.05, 0) is 59.7 Å². The van der Waals surface area contributed by atoms with Crippen molar-refractivity contribution in [3.8, 4) is 11.5 Å². The van der Waals surface area contributed by atoms with Gasteiger partial charge in [0.2, 0.25) is 0 Å². The first-order valence-electron chi connectivity index (χ1n) is 11.6. The second-order valence-corrected chi connectivity index (χ2v) is 10.6. The monoisotopic (exact) mass is 511 g/mol. The number of urea groups is 1. The number of amides is 2. The molecule has 37 heavy (non-hydrogen) atoms. The van der Waals surface area contributed by atoms with Gasteiger partial charge in [-0.2, -0.15) is 0 Å². The average Bonchev–Trinajstić information content (AvgIpc) is 3.37.